The molecule has 0 bridgehead atoms. The number of anilines is 1. The molecule has 7 amide bonds. The molecule has 0 saturated heterocycles. The number of carbonyl (C=O) groups excluding carboxylic acids is 6. The first-order valence-electron chi connectivity index (χ1n) is 13.4. The van der Waals surface area contributed by atoms with Crippen LogP contribution in [0.4, 0.5) is 10.5 Å². The van der Waals surface area contributed by atoms with Gasteiger partial charge in [-0.05, 0) is 48.8 Å². The number of benzene rings is 1. The van der Waals surface area contributed by atoms with Crippen LogP contribution in [0.2, 0.25) is 0 Å². The first-order valence-corrected chi connectivity index (χ1v) is 13.4. The van der Waals surface area contributed by atoms with Crippen LogP contribution < -0.4 is 27.0 Å². The van der Waals surface area contributed by atoms with Gasteiger partial charge in [-0.1, -0.05) is 39.8 Å². The van der Waals surface area contributed by atoms with E-state index in [0.717, 1.165) is 29.0 Å². The minimum absolute atomic E-state index is 0.114. The SMILES string of the molecule is CC(C)Cc1ccc(NC(=O)[C@H](CCCNC(N)=O)NC(=O)C(NC(=O)CCN2C(=O)C=CC2=O)C(C)C)cc1. The topological polar surface area (TPSA) is 180 Å². The standard InChI is InChI=1S/C28H40N6O6/c1-17(2)16-19-7-9-20(10-8-19)31-26(38)21(6-5-14-30-28(29)40)32-27(39)25(18(3)4)33-22(35)13-15-34-23(36)11-12-24(34)37/h7-12,17-18,21,25H,5-6,13-16H2,1-4H3,(H,31,38)(H,32,39)(H,33,35)(H3,29,30,40)/t21-,25?/m0/s1. The molecule has 0 aliphatic carbocycles. The van der Waals surface area contributed by atoms with E-state index in [-0.39, 0.29) is 31.8 Å². The summed E-state index contributed by atoms with van der Waals surface area (Å²) in [7, 11) is 0. The monoisotopic (exact) mass is 556 g/mol. The van der Waals surface area contributed by atoms with Crippen LogP contribution in [-0.4, -0.2) is 65.6 Å². The number of nitrogens with zero attached hydrogens (tertiary/aromatic N) is 1. The lowest BCUT2D eigenvalue weighted by Gasteiger charge is -2.25. The summed E-state index contributed by atoms with van der Waals surface area (Å²) in [5.41, 5.74) is 6.82. The van der Waals surface area contributed by atoms with Gasteiger partial charge >= 0.3 is 6.03 Å². The second-order valence-corrected chi connectivity index (χ2v) is 10.5. The Kier molecular flexibility index (Phi) is 12.3. The van der Waals surface area contributed by atoms with Crippen molar-refractivity contribution in [2.45, 2.75) is 65.5 Å². The largest absolute Gasteiger partial charge is 0.352 e. The van der Waals surface area contributed by atoms with Gasteiger partial charge in [0.2, 0.25) is 17.7 Å². The van der Waals surface area contributed by atoms with Crippen LogP contribution in [0.3, 0.4) is 0 Å². The number of urea groups is 1. The molecule has 0 aromatic heterocycles. The molecule has 1 aliphatic heterocycles. The van der Waals surface area contributed by atoms with E-state index in [1.807, 2.05) is 12.1 Å². The molecule has 218 valence electrons. The fourth-order valence-electron chi connectivity index (χ4n) is 4.12. The number of hydrogen-bond donors (Lipinski definition) is 5. The highest BCUT2D eigenvalue weighted by atomic mass is 16.2. The first-order chi connectivity index (χ1) is 18.9. The number of hydrogen-bond acceptors (Lipinski definition) is 6. The maximum atomic E-state index is 13.2. The molecular formula is C28H40N6O6. The first kappa shape index (κ1) is 32.0. The van der Waals surface area contributed by atoms with Crippen LogP contribution in [0.5, 0.6) is 0 Å². The molecule has 1 aromatic carbocycles. The number of amides is 7. The number of primary amides is 1. The normalized spacial score (nSPS) is 14.3. The Labute approximate surface area is 234 Å². The summed E-state index contributed by atoms with van der Waals surface area (Å²) >= 11 is 0. The molecule has 0 fully saturated rings. The van der Waals surface area contributed by atoms with Crippen molar-refractivity contribution in [2.75, 3.05) is 18.4 Å². The summed E-state index contributed by atoms with van der Waals surface area (Å²) in [6, 6.07) is 4.85. The molecule has 1 aromatic rings. The molecule has 6 N–H and O–H groups in total. The second kappa shape index (κ2) is 15.4. The highest BCUT2D eigenvalue weighted by Gasteiger charge is 2.30. The zero-order chi connectivity index (χ0) is 29.8. The van der Waals surface area contributed by atoms with Crippen LogP contribution in [0.15, 0.2) is 36.4 Å². The second-order valence-electron chi connectivity index (χ2n) is 10.5. The van der Waals surface area contributed by atoms with E-state index in [9.17, 15) is 28.8 Å². The summed E-state index contributed by atoms with van der Waals surface area (Å²) in [6.45, 7) is 7.83. The lowest BCUT2D eigenvalue weighted by Crippen LogP contribution is -2.54. The van der Waals surface area contributed by atoms with Crippen LogP contribution in [-0.2, 0) is 30.4 Å². The van der Waals surface area contributed by atoms with Crippen LogP contribution in [0, 0.1) is 11.8 Å². The van der Waals surface area contributed by atoms with Gasteiger partial charge in [0, 0.05) is 37.3 Å². The van der Waals surface area contributed by atoms with Crippen molar-refractivity contribution in [2.24, 2.45) is 17.6 Å². The molecular weight excluding hydrogens is 516 g/mol. The van der Waals surface area contributed by atoms with Crippen molar-refractivity contribution < 1.29 is 28.8 Å². The van der Waals surface area contributed by atoms with E-state index >= 15 is 0 Å². The Morgan fingerprint density at radius 3 is 2.08 bits per heavy atom. The number of nitrogens with one attached hydrogen (secondary N) is 4. The number of imide groups is 1. The molecule has 1 heterocycles. The van der Waals surface area contributed by atoms with Gasteiger partial charge in [-0.2, -0.15) is 0 Å². The van der Waals surface area contributed by atoms with Gasteiger partial charge < -0.3 is 27.0 Å². The van der Waals surface area contributed by atoms with E-state index in [1.54, 1.807) is 26.0 Å². The lowest BCUT2D eigenvalue weighted by molar-refractivity contribution is -0.137. The predicted octanol–water partition coefficient (Wildman–Crippen LogP) is 1.21. The van der Waals surface area contributed by atoms with Crippen molar-refractivity contribution >= 4 is 41.3 Å². The van der Waals surface area contributed by atoms with Crippen LogP contribution in [0.25, 0.3) is 0 Å². The van der Waals surface area contributed by atoms with Gasteiger partial charge in [0.25, 0.3) is 11.8 Å². The summed E-state index contributed by atoms with van der Waals surface area (Å²) in [6.07, 6.45) is 3.56. The minimum Gasteiger partial charge on any atom is -0.352 e. The summed E-state index contributed by atoms with van der Waals surface area (Å²) < 4.78 is 0. The predicted molar refractivity (Wildman–Crippen MR) is 150 cm³/mol. The Hall–Kier alpha value is -4.22. The van der Waals surface area contributed by atoms with Crippen molar-refractivity contribution in [1.29, 1.82) is 0 Å². The third-order valence-corrected chi connectivity index (χ3v) is 6.20. The minimum atomic E-state index is -0.968. The van der Waals surface area contributed by atoms with E-state index in [1.165, 1.54) is 0 Å². The Morgan fingerprint density at radius 1 is 0.900 bits per heavy atom. The maximum absolute atomic E-state index is 13.2. The molecule has 12 nitrogen and oxygen atoms in total. The highest BCUT2D eigenvalue weighted by Crippen LogP contribution is 2.14. The van der Waals surface area contributed by atoms with Gasteiger partial charge in [0.05, 0.1) is 0 Å². The van der Waals surface area contributed by atoms with Gasteiger partial charge in [0.15, 0.2) is 0 Å². The summed E-state index contributed by atoms with van der Waals surface area (Å²) in [5, 5.41) is 10.6. The third-order valence-electron chi connectivity index (χ3n) is 6.20. The van der Waals surface area contributed by atoms with E-state index < -0.39 is 47.7 Å². The molecule has 12 heteroatoms. The van der Waals surface area contributed by atoms with Crippen molar-refractivity contribution in [1.82, 2.24) is 20.9 Å². The molecule has 0 radical (unpaired) electrons. The summed E-state index contributed by atoms with van der Waals surface area (Å²) in [5.74, 6) is -2.35. The molecule has 0 spiro atoms. The van der Waals surface area contributed by atoms with Gasteiger partial charge in [-0.25, -0.2) is 4.79 Å². The van der Waals surface area contributed by atoms with Crippen LogP contribution in [0.1, 0.15) is 52.5 Å². The third kappa shape index (κ3) is 10.5. The molecule has 2 rings (SSSR count). The van der Waals surface area contributed by atoms with E-state index in [0.29, 0.717) is 18.0 Å². The van der Waals surface area contributed by atoms with Crippen molar-refractivity contribution in [3.05, 3.63) is 42.0 Å². The maximum Gasteiger partial charge on any atom is 0.312 e. The molecule has 2 atom stereocenters. The zero-order valence-electron chi connectivity index (χ0n) is 23.5. The molecule has 40 heavy (non-hydrogen) atoms. The average Bonchev–Trinajstić information content (AvgIpc) is 3.20. The number of rotatable bonds is 15. The van der Waals surface area contributed by atoms with Crippen LogP contribution >= 0.6 is 0 Å². The van der Waals surface area contributed by atoms with Gasteiger partial charge in [-0.3, -0.25) is 28.9 Å². The van der Waals surface area contributed by atoms with E-state index in [4.69, 9.17) is 5.73 Å². The Balaban J connectivity index is 2.04. The lowest BCUT2D eigenvalue weighted by atomic mass is 10.0. The van der Waals surface area contributed by atoms with Crippen molar-refractivity contribution in [3.63, 3.8) is 0 Å². The molecule has 1 aliphatic rings. The Bertz CT molecular complexity index is 1100. The zero-order valence-corrected chi connectivity index (χ0v) is 23.5. The van der Waals surface area contributed by atoms with Gasteiger partial charge in [0.1, 0.15) is 12.1 Å². The average molecular weight is 557 g/mol. The molecule has 1 unspecified atom stereocenters. The quantitative estimate of drug-likeness (QED) is 0.160. The van der Waals surface area contributed by atoms with Gasteiger partial charge in [-0.15, -0.1) is 0 Å². The molecule has 0 saturated carbocycles. The van der Waals surface area contributed by atoms with Crippen molar-refractivity contribution in [3.8, 4) is 0 Å². The smallest absolute Gasteiger partial charge is 0.312 e. The fourth-order valence-corrected chi connectivity index (χ4v) is 4.12. The van der Waals surface area contributed by atoms with E-state index in [2.05, 4.69) is 35.1 Å². The highest BCUT2D eigenvalue weighted by molar-refractivity contribution is 6.13. The fraction of sp³-hybridized carbons (Fsp3) is 0.500. The summed E-state index contributed by atoms with van der Waals surface area (Å²) in [4.78, 5) is 74.3. The number of carbonyl (C=O) groups is 6. The number of nitrogens with two attached hydrogens (primary N) is 1. The Morgan fingerprint density at radius 2 is 1.52 bits per heavy atom.